The topological polar surface area (TPSA) is 63.7 Å². The van der Waals surface area contributed by atoms with Gasteiger partial charge in [-0.25, -0.2) is 8.42 Å². The van der Waals surface area contributed by atoms with Gasteiger partial charge in [0.2, 0.25) is 10.0 Å². The van der Waals surface area contributed by atoms with Gasteiger partial charge in [-0.15, -0.1) is 6.58 Å². The first-order valence-corrected chi connectivity index (χ1v) is 10.4. The zero-order valence-electron chi connectivity index (χ0n) is 15.2. The van der Waals surface area contributed by atoms with Crippen LogP contribution in [-0.4, -0.2) is 37.9 Å². The molecule has 0 unspecified atom stereocenters. The number of fused-ring (bicyclic) bond motifs is 1. The van der Waals surface area contributed by atoms with Crippen LogP contribution in [0.2, 0.25) is 0 Å². The fourth-order valence-corrected chi connectivity index (χ4v) is 5.71. The van der Waals surface area contributed by atoms with Crippen molar-refractivity contribution < 1.29 is 17.9 Å². The maximum atomic E-state index is 13.3. The summed E-state index contributed by atoms with van der Waals surface area (Å²) in [6.45, 7) is 8.06. The number of hydrogen-bond donors (Lipinski definition) is 0. The van der Waals surface area contributed by atoms with Crippen molar-refractivity contribution in [1.29, 1.82) is 0 Å². The van der Waals surface area contributed by atoms with Crippen LogP contribution in [0.3, 0.4) is 0 Å². The lowest BCUT2D eigenvalue weighted by atomic mass is 9.92. The van der Waals surface area contributed by atoms with Crippen LogP contribution >= 0.6 is 0 Å². The molecule has 5 nitrogen and oxygen atoms in total. The molecule has 0 spiro atoms. The van der Waals surface area contributed by atoms with Crippen LogP contribution in [0.15, 0.2) is 54.0 Å². The molecule has 0 amide bonds. The van der Waals surface area contributed by atoms with Gasteiger partial charge in [0.25, 0.3) is 0 Å². The van der Waals surface area contributed by atoms with Crippen molar-refractivity contribution >= 4 is 16.0 Å². The molecule has 0 bridgehead atoms. The van der Waals surface area contributed by atoms with Gasteiger partial charge >= 0.3 is 5.97 Å². The fourth-order valence-electron chi connectivity index (χ4n) is 4.07. The number of allylic oxidation sites excluding steroid dienone is 1. The van der Waals surface area contributed by atoms with Gasteiger partial charge in [-0.3, -0.25) is 4.79 Å². The van der Waals surface area contributed by atoms with Crippen LogP contribution in [0.1, 0.15) is 18.9 Å². The molecule has 1 saturated carbocycles. The Morgan fingerprint density at radius 1 is 1.35 bits per heavy atom. The number of sulfonamides is 1. The van der Waals surface area contributed by atoms with Crippen molar-refractivity contribution in [3.05, 3.63) is 54.6 Å². The summed E-state index contributed by atoms with van der Waals surface area (Å²) in [5.74, 6) is -0.976. The van der Waals surface area contributed by atoms with Crippen molar-refractivity contribution in [2.75, 3.05) is 13.2 Å². The van der Waals surface area contributed by atoms with E-state index < -0.39 is 22.0 Å². The van der Waals surface area contributed by atoms with Gasteiger partial charge in [0, 0.05) is 12.6 Å². The quantitative estimate of drug-likeness (QED) is 0.586. The second-order valence-electron chi connectivity index (χ2n) is 6.88. The number of aryl methyl sites for hydroxylation is 1. The van der Waals surface area contributed by atoms with Crippen molar-refractivity contribution in [1.82, 2.24) is 4.31 Å². The Morgan fingerprint density at radius 3 is 2.65 bits per heavy atom. The van der Waals surface area contributed by atoms with E-state index in [-0.39, 0.29) is 35.9 Å². The number of ether oxygens (including phenoxy) is 1. The summed E-state index contributed by atoms with van der Waals surface area (Å²) in [5.41, 5.74) is 0.998. The van der Waals surface area contributed by atoms with Gasteiger partial charge in [-0.1, -0.05) is 35.9 Å². The Hall–Kier alpha value is -1.92. The number of esters is 1. The Morgan fingerprint density at radius 2 is 2.04 bits per heavy atom. The third kappa shape index (κ3) is 3.23. The summed E-state index contributed by atoms with van der Waals surface area (Å²) in [6.07, 6.45) is 6.36. The first-order chi connectivity index (χ1) is 12.4. The molecule has 6 heteroatoms. The van der Waals surface area contributed by atoms with Crippen LogP contribution in [0, 0.1) is 24.7 Å². The predicted molar refractivity (Wildman–Crippen MR) is 99.9 cm³/mol. The molecule has 4 atom stereocenters. The molecule has 1 aromatic carbocycles. The first kappa shape index (κ1) is 18.9. The fraction of sp³-hybridized carbons (Fsp3) is 0.450. The smallest absolute Gasteiger partial charge is 0.311 e. The average Bonchev–Trinajstić information content (AvgIpc) is 3.00. The minimum atomic E-state index is -3.71. The highest BCUT2D eigenvalue weighted by atomic mass is 32.2. The van der Waals surface area contributed by atoms with E-state index in [0.29, 0.717) is 6.42 Å². The highest BCUT2D eigenvalue weighted by Gasteiger charge is 2.52. The molecule has 1 heterocycles. The number of carbonyl (C=O) groups excluding carboxylic acids is 1. The van der Waals surface area contributed by atoms with Crippen molar-refractivity contribution in [2.45, 2.75) is 31.2 Å². The summed E-state index contributed by atoms with van der Waals surface area (Å²) in [4.78, 5) is 12.9. The summed E-state index contributed by atoms with van der Waals surface area (Å²) in [7, 11) is -3.71. The van der Waals surface area contributed by atoms with Crippen LogP contribution in [-0.2, 0) is 19.6 Å². The zero-order chi connectivity index (χ0) is 18.9. The molecular formula is C20H25NO4S. The van der Waals surface area contributed by atoms with E-state index in [9.17, 15) is 13.2 Å². The van der Waals surface area contributed by atoms with E-state index in [1.807, 2.05) is 19.1 Å². The van der Waals surface area contributed by atoms with Gasteiger partial charge in [-0.05, 0) is 44.2 Å². The second kappa shape index (κ2) is 7.37. The van der Waals surface area contributed by atoms with Crippen molar-refractivity contribution in [3.8, 4) is 0 Å². The van der Waals surface area contributed by atoms with E-state index in [0.717, 1.165) is 5.56 Å². The van der Waals surface area contributed by atoms with E-state index >= 15 is 0 Å². The SMILES string of the molecule is C=C[C@H]1C[C@H]2C=CCN(S(=O)(=O)c3ccc(C)cc3)[C@H]2[C@@H]1C(=O)OCC. The highest BCUT2D eigenvalue weighted by molar-refractivity contribution is 7.89. The van der Waals surface area contributed by atoms with Gasteiger partial charge < -0.3 is 4.74 Å². The Bertz CT molecular complexity index is 813. The third-order valence-corrected chi connectivity index (χ3v) is 7.18. The molecule has 1 fully saturated rings. The molecule has 0 aromatic heterocycles. The molecule has 0 N–H and O–H groups in total. The summed E-state index contributed by atoms with van der Waals surface area (Å²) < 4.78 is 33.3. The number of rotatable bonds is 5. The van der Waals surface area contributed by atoms with Crippen LogP contribution in [0.25, 0.3) is 0 Å². The van der Waals surface area contributed by atoms with E-state index in [1.165, 1.54) is 4.31 Å². The molecule has 1 aliphatic heterocycles. The van der Waals surface area contributed by atoms with Gasteiger partial charge in [-0.2, -0.15) is 4.31 Å². The van der Waals surface area contributed by atoms with Crippen LogP contribution in [0.4, 0.5) is 0 Å². The number of hydrogen-bond acceptors (Lipinski definition) is 4. The molecule has 140 valence electrons. The largest absolute Gasteiger partial charge is 0.466 e. The molecule has 1 aliphatic carbocycles. The molecule has 1 aromatic rings. The van der Waals surface area contributed by atoms with E-state index in [1.54, 1.807) is 37.3 Å². The number of benzene rings is 1. The summed E-state index contributed by atoms with van der Waals surface area (Å²) in [5, 5.41) is 0. The predicted octanol–water partition coefficient (Wildman–Crippen LogP) is 2.93. The van der Waals surface area contributed by atoms with E-state index in [2.05, 4.69) is 6.58 Å². The minimum absolute atomic E-state index is 0.0126. The zero-order valence-corrected chi connectivity index (χ0v) is 16.0. The third-order valence-electron chi connectivity index (χ3n) is 5.30. The van der Waals surface area contributed by atoms with Gasteiger partial charge in [0.05, 0.1) is 17.4 Å². The van der Waals surface area contributed by atoms with Crippen LogP contribution in [0.5, 0.6) is 0 Å². The lowest BCUT2D eigenvalue weighted by molar-refractivity contribution is -0.150. The van der Waals surface area contributed by atoms with E-state index in [4.69, 9.17) is 4.74 Å². The van der Waals surface area contributed by atoms with Crippen molar-refractivity contribution in [3.63, 3.8) is 0 Å². The highest BCUT2D eigenvalue weighted by Crippen LogP contribution is 2.45. The maximum absolute atomic E-state index is 13.3. The summed E-state index contributed by atoms with van der Waals surface area (Å²) in [6, 6.07) is 6.38. The second-order valence-corrected chi connectivity index (χ2v) is 8.77. The molecule has 0 saturated heterocycles. The Kier molecular flexibility index (Phi) is 5.34. The standard InChI is InChI=1S/C20H25NO4S/c1-4-15-13-16-7-6-12-21(19(16)18(15)20(22)25-5-2)26(23,24)17-10-8-14(3)9-11-17/h4,6-11,15-16,18-19H,1,5,12-13H2,2-3H3/t15-,16+,18+,19+/m0/s1. The molecule has 26 heavy (non-hydrogen) atoms. The van der Waals surface area contributed by atoms with Crippen LogP contribution < -0.4 is 0 Å². The number of nitrogens with zero attached hydrogens (tertiary/aromatic N) is 1. The minimum Gasteiger partial charge on any atom is -0.466 e. The van der Waals surface area contributed by atoms with Gasteiger partial charge in [0.15, 0.2) is 0 Å². The Labute approximate surface area is 155 Å². The summed E-state index contributed by atoms with van der Waals surface area (Å²) >= 11 is 0. The molecule has 3 rings (SSSR count). The first-order valence-electron chi connectivity index (χ1n) is 8.94. The monoisotopic (exact) mass is 375 g/mol. The van der Waals surface area contributed by atoms with Gasteiger partial charge in [0.1, 0.15) is 0 Å². The molecule has 0 radical (unpaired) electrons. The normalized spacial score (nSPS) is 28.5. The lowest BCUT2D eigenvalue weighted by Gasteiger charge is -2.36. The average molecular weight is 375 g/mol. The van der Waals surface area contributed by atoms with Crippen molar-refractivity contribution in [2.24, 2.45) is 17.8 Å². The maximum Gasteiger partial charge on any atom is 0.311 e. The number of carbonyl (C=O) groups is 1. The molecule has 2 aliphatic rings. The molecular weight excluding hydrogens is 350 g/mol. The Balaban J connectivity index is 2.01. The lowest BCUT2D eigenvalue weighted by Crippen LogP contribution is -2.49.